The molecule has 442 valence electrons. The number of rotatable bonds is 59. The Morgan fingerprint density at radius 3 is 1.12 bits per heavy atom. The van der Waals surface area contributed by atoms with Crippen molar-refractivity contribution >= 4 is 17.9 Å². The van der Waals surface area contributed by atoms with Crippen molar-refractivity contribution in [3.63, 3.8) is 0 Å². The predicted octanol–water partition coefficient (Wildman–Crippen LogP) is 17.9. The number of unbranched alkanes of at least 4 members (excludes halogenated alkanes) is 34. The summed E-state index contributed by atoms with van der Waals surface area (Å²) in [5, 5.41) is 11.8. The number of nitrogens with zero attached hydrogens (tertiary/aromatic N) is 1. The van der Waals surface area contributed by atoms with Gasteiger partial charge in [0.15, 0.2) is 12.4 Å². The molecule has 0 saturated heterocycles. The maximum Gasteiger partial charge on any atom is 0.306 e. The number of hydrogen-bond donors (Lipinski definition) is 0. The van der Waals surface area contributed by atoms with Gasteiger partial charge in [0.1, 0.15) is 13.2 Å². The minimum absolute atomic E-state index is 0.144. The standard InChI is InChI=1S/C67H121NO8/c1-6-8-10-12-14-16-18-20-22-24-26-28-30-31-32-33-34-36-37-39-41-43-45-47-49-51-53-55-57-64(69)74-61-63(62-75-67(66(71)72)73-60-59-68(3,4)5)76-65(70)58-56-54-52-50-48-46-44-42-40-38-35-29-27-25-23-21-19-17-15-13-11-9-7-2/h9,11,15,17,21,23,27,29,38,40,63,67H,6-8,10,12-14,16,18-20,22,24-26,28,30-37,39,41-62H2,1-5H3/b11-9-,17-15-,23-21-,29-27-,40-38-. The van der Waals surface area contributed by atoms with E-state index in [0.29, 0.717) is 23.9 Å². The lowest BCUT2D eigenvalue weighted by molar-refractivity contribution is -0.870. The number of esters is 2. The number of carbonyl (C=O) groups is 3. The average Bonchev–Trinajstić information content (AvgIpc) is 3.39. The van der Waals surface area contributed by atoms with E-state index in [1.165, 1.54) is 180 Å². The number of carbonyl (C=O) groups excluding carboxylic acids is 3. The number of allylic oxidation sites excluding steroid dienone is 10. The topological polar surface area (TPSA) is 111 Å². The number of ether oxygens (including phenoxy) is 4. The largest absolute Gasteiger partial charge is 0.545 e. The van der Waals surface area contributed by atoms with Gasteiger partial charge in [-0.05, 0) is 57.8 Å². The van der Waals surface area contributed by atoms with Crippen LogP contribution in [0.1, 0.15) is 290 Å². The molecule has 0 aliphatic heterocycles. The van der Waals surface area contributed by atoms with Gasteiger partial charge in [-0.2, -0.15) is 0 Å². The summed E-state index contributed by atoms with van der Waals surface area (Å²) in [6.45, 7) is 4.66. The van der Waals surface area contributed by atoms with E-state index in [-0.39, 0.29) is 32.2 Å². The van der Waals surface area contributed by atoms with Crippen LogP contribution < -0.4 is 5.11 Å². The van der Waals surface area contributed by atoms with Crippen LogP contribution in [0.5, 0.6) is 0 Å². The zero-order valence-corrected chi connectivity index (χ0v) is 50.4. The van der Waals surface area contributed by atoms with Crippen molar-refractivity contribution in [2.75, 3.05) is 47.5 Å². The van der Waals surface area contributed by atoms with Crippen LogP contribution in [0.3, 0.4) is 0 Å². The molecular formula is C67H121NO8. The lowest BCUT2D eigenvalue weighted by atomic mass is 10.0. The molecule has 76 heavy (non-hydrogen) atoms. The van der Waals surface area contributed by atoms with Gasteiger partial charge < -0.3 is 33.3 Å². The number of aliphatic carboxylic acids is 1. The van der Waals surface area contributed by atoms with Crippen molar-refractivity contribution in [3.05, 3.63) is 60.8 Å². The van der Waals surface area contributed by atoms with Crippen LogP contribution in [-0.4, -0.2) is 82.3 Å². The quantitative estimate of drug-likeness (QED) is 0.0195. The lowest BCUT2D eigenvalue weighted by Crippen LogP contribution is -2.44. The number of carboxylic acid groups (broad SMARTS) is 1. The van der Waals surface area contributed by atoms with Gasteiger partial charge in [-0.25, -0.2) is 0 Å². The fraction of sp³-hybridized carbons (Fsp3) is 0.806. The van der Waals surface area contributed by atoms with E-state index in [4.69, 9.17) is 18.9 Å². The van der Waals surface area contributed by atoms with Crippen molar-refractivity contribution in [1.82, 2.24) is 0 Å². The fourth-order valence-corrected chi connectivity index (χ4v) is 9.15. The van der Waals surface area contributed by atoms with Gasteiger partial charge in [0.2, 0.25) is 0 Å². The summed E-state index contributed by atoms with van der Waals surface area (Å²) in [4.78, 5) is 37.4. The Balaban J connectivity index is 4.16. The van der Waals surface area contributed by atoms with Crippen LogP contribution in [0.15, 0.2) is 60.8 Å². The monoisotopic (exact) mass is 1070 g/mol. The third kappa shape index (κ3) is 58.7. The average molecular weight is 1070 g/mol. The van der Waals surface area contributed by atoms with E-state index in [2.05, 4.69) is 74.6 Å². The summed E-state index contributed by atoms with van der Waals surface area (Å²) in [5.74, 6) is -2.29. The molecule has 0 aromatic heterocycles. The number of likely N-dealkylation sites (N-methyl/N-ethyl adjacent to an activating group) is 1. The highest BCUT2D eigenvalue weighted by molar-refractivity contribution is 5.70. The SMILES string of the molecule is CC/C=C\C/C=C\C/C=C\C/C=C\C/C=C\CCCCCCCCCC(=O)OC(COC(=O)CCCCCCCCCCCCCCCCCCCCCCCCCCCCCC)COC(OCC[N+](C)(C)C)C(=O)[O-]. The van der Waals surface area contributed by atoms with E-state index in [1.54, 1.807) is 0 Å². The van der Waals surface area contributed by atoms with Gasteiger partial charge >= 0.3 is 11.9 Å². The minimum atomic E-state index is -1.63. The third-order valence-corrected chi connectivity index (χ3v) is 14.0. The number of quaternary nitrogens is 1. The smallest absolute Gasteiger partial charge is 0.306 e. The number of carboxylic acids is 1. The maximum absolute atomic E-state index is 12.9. The summed E-state index contributed by atoms with van der Waals surface area (Å²) < 4.78 is 22.7. The molecule has 0 spiro atoms. The van der Waals surface area contributed by atoms with Crippen LogP contribution in [-0.2, 0) is 33.3 Å². The molecule has 0 fully saturated rings. The Morgan fingerprint density at radius 2 is 0.750 bits per heavy atom. The molecular weight excluding hydrogens is 947 g/mol. The molecule has 0 aliphatic carbocycles. The lowest BCUT2D eigenvalue weighted by Gasteiger charge is -2.26. The summed E-state index contributed by atoms with van der Waals surface area (Å²) in [5.41, 5.74) is 0. The Bertz CT molecular complexity index is 1430. The van der Waals surface area contributed by atoms with Gasteiger partial charge in [-0.15, -0.1) is 0 Å². The van der Waals surface area contributed by atoms with Crippen LogP contribution in [0, 0.1) is 0 Å². The first-order valence-corrected chi connectivity index (χ1v) is 31.9. The van der Waals surface area contributed by atoms with Crippen LogP contribution in [0.25, 0.3) is 0 Å². The molecule has 0 N–H and O–H groups in total. The van der Waals surface area contributed by atoms with Crippen molar-refractivity contribution in [3.8, 4) is 0 Å². The van der Waals surface area contributed by atoms with Crippen LogP contribution >= 0.6 is 0 Å². The third-order valence-electron chi connectivity index (χ3n) is 14.0. The molecule has 0 aromatic carbocycles. The summed E-state index contributed by atoms with van der Waals surface area (Å²) >= 11 is 0. The molecule has 0 saturated carbocycles. The van der Waals surface area contributed by atoms with E-state index < -0.39 is 24.3 Å². The van der Waals surface area contributed by atoms with Crippen molar-refractivity contribution in [1.29, 1.82) is 0 Å². The van der Waals surface area contributed by atoms with E-state index in [0.717, 1.165) is 77.0 Å². The van der Waals surface area contributed by atoms with Gasteiger partial charge in [0.25, 0.3) is 0 Å². The maximum atomic E-state index is 12.9. The van der Waals surface area contributed by atoms with Crippen molar-refractivity contribution in [2.24, 2.45) is 0 Å². The predicted molar refractivity (Wildman–Crippen MR) is 320 cm³/mol. The summed E-state index contributed by atoms with van der Waals surface area (Å²) in [6, 6.07) is 0. The molecule has 0 bridgehead atoms. The molecule has 9 heteroatoms. The van der Waals surface area contributed by atoms with E-state index in [9.17, 15) is 19.5 Å². The summed E-state index contributed by atoms with van der Waals surface area (Å²) in [7, 11) is 5.92. The van der Waals surface area contributed by atoms with Crippen molar-refractivity contribution in [2.45, 2.75) is 302 Å². The zero-order valence-electron chi connectivity index (χ0n) is 50.4. The second-order valence-corrected chi connectivity index (χ2v) is 22.7. The Morgan fingerprint density at radius 1 is 0.408 bits per heavy atom. The van der Waals surface area contributed by atoms with E-state index in [1.807, 2.05) is 21.1 Å². The van der Waals surface area contributed by atoms with Crippen LogP contribution in [0.4, 0.5) is 0 Å². The first-order chi connectivity index (χ1) is 37.1. The molecule has 0 rings (SSSR count). The Labute approximate surface area is 469 Å². The summed E-state index contributed by atoms with van der Waals surface area (Å²) in [6.07, 6.45) is 71.4. The highest BCUT2D eigenvalue weighted by Crippen LogP contribution is 2.18. The Kier molecular flexibility index (Phi) is 55.8. The van der Waals surface area contributed by atoms with Crippen molar-refractivity contribution < 1.29 is 42.9 Å². The molecule has 0 aromatic rings. The minimum Gasteiger partial charge on any atom is -0.545 e. The molecule has 2 unspecified atom stereocenters. The molecule has 9 nitrogen and oxygen atoms in total. The first-order valence-electron chi connectivity index (χ1n) is 31.9. The molecule has 0 aliphatic rings. The highest BCUT2D eigenvalue weighted by atomic mass is 16.7. The van der Waals surface area contributed by atoms with E-state index >= 15 is 0 Å². The van der Waals surface area contributed by atoms with Crippen LogP contribution in [0.2, 0.25) is 0 Å². The normalized spacial score (nSPS) is 13.1. The second-order valence-electron chi connectivity index (χ2n) is 22.7. The van der Waals surface area contributed by atoms with Gasteiger partial charge in [0.05, 0.1) is 40.3 Å². The van der Waals surface area contributed by atoms with Gasteiger partial charge in [-0.3, -0.25) is 9.59 Å². The van der Waals surface area contributed by atoms with Gasteiger partial charge in [-0.1, -0.05) is 280 Å². The second kappa shape index (κ2) is 58.1. The molecule has 2 atom stereocenters. The molecule has 0 radical (unpaired) electrons. The first kappa shape index (κ1) is 73.0. The molecule has 0 amide bonds. The number of hydrogen-bond acceptors (Lipinski definition) is 8. The Hall–Kier alpha value is -3.01. The van der Waals surface area contributed by atoms with Gasteiger partial charge in [0, 0.05) is 12.8 Å². The fourth-order valence-electron chi connectivity index (χ4n) is 9.15. The zero-order chi connectivity index (χ0) is 55.5. The highest BCUT2D eigenvalue weighted by Gasteiger charge is 2.22. The molecule has 0 heterocycles.